The van der Waals surface area contributed by atoms with Crippen LogP contribution in [0.25, 0.3) is 27.6 Å². The molecule has 5 aromatic rings. The van der Waals surface area contributed by atoms with Gasteiger partial charge in [-0.25, -0.2) is 15.0 Å². The second kappa shape index (κ2) is 9.43. The van der Waals surface area contributed by atoms with Crippen LogP contribution in [-0.2, 0) is 4.74 Å². The van der Waals surface area contributed by atoms with Crippen molar-refractivity contribution in [1.82, 2.24) is 24.5 Å². The molecule has 3 aromatic heterocycles. The minimum atomic E-state index is -0.240. The minimum absolute atomic E-state index is 0.0631. The summed E-state index contributed by atoms with van der Waals surface area (Å²) in [6.45, 7) is 3.49. The molecule has 9 nitrogen and oxygen atoms in total. The molecule has 9 heteroatoms. The van der Waals surface area contributed by atoms with Crippen LogP contribution in [-0.4, -0.2) is 43.8 Å². The number of hydrogen-bond donors (Lipinski definition) is 3. The number of benzene rings is 2. The van der Waals surface area contributed by atoms with E-state index < -0.39 is 0 Å². The van der Waals surface area contributed by atoms with Gasteiger partial charge in [0.2, 0.25) is 0 Å². The first kappa shape index (κ1) is 22.2. The number of aromatic nitrogens is 5. The molecule has 1 atom stereocenters. The summed E-state index contributed by atoms with van der Waals surface area (Å²) in [6.07, 6.45) is 4.92. The highest BCUT2D eigenvalue weighted by atomic mass is 16.5. The van der Waals surface area contributed by atoms with Gasteiger partial charge in [-0.15, -0.1) is 0 Å². The Morgan fingerprint density at radius 2 is 1.89 bits per heavy atom. The lowest BCUT2D eigenvalue weighted by Crippen LogP contribution is -2.30. The number of para-hydroxylation sites is 1. The number of imidazole rings is 1. The molecule has 0 amide bonds. The number of aromatic amines is 1. The molecule has 1 aliphatic heterocycles. The van der Waals surface area contributed by atoms with E-state index in [9.17, 15) is 4.79 Å². The van der Waals surface area contributed by atoms with E-state index in [1.165, 1.54) is 6.33 Å². The number of hydrogen-bond acceptors (Lipinski definition) is 7. The maximum atomic E-state index is 14.2. The Bertz CT molecular complexity index is 1570. The zero-order valence-electron chi connectivity index (χ0n) is 19.9. The molecule has 0 radical (unpaired) electrons. The predicted octanol–water partition coefficient (Wildman–Crippen LogP) is 4.42. The van der Waals surface area contributed by atoms with Crippen molar-refractivity contribution in [2.75, 3.05) is 23.8 Å². The Labute approximate surface area is 207 Å². The van der Waals surface area contributed by atoms with Crippen LogP contribution in [0.1, 0.15) is 31.5 Å². The molecule has 1 saturated heterocycles. The van der Waals surface area contributed by atoms with Gasteiger partial charge in [0.1, 0.15) is 11.8 Å². The van der Waals surface area contributed by atoms with Crippen molar-refractivity contribution in [3.8, 4) is 5.69 Å². The third-order valence-corrected chi connectivity index (χ3v) is 6.69. The molecule has 182 valence electrons. The van der Waals surface area contributed by atoms with Gasteiger partial charge >= 0.3 is 0 Å². The summed E-state index contributed by atoms with van der Waals surface area (Å²) in [6, 6.07) is 17.9. The zero-order valence-corrected chi connectivity index (χ0v) is 19.9. The number of rotatable bonds is 6. The third kappa shape index (κ3) is 4.07. The average molecular weight is 482 g/mol. The van der Waals surface area contributed by atoms with Gasteiger partial charge in [0.25, 0.3) is 5.56 Å². The second-order valence-electron chi connectivity index (χ2n) is 9.04. The third-order valence-electron chi connectivity index (χ3n) is 6.69. The van der Waals surface area contributed by atoms with Crippen molar-refractivity contribution in [3.05, 3.63) is 83.3 Å². The van der Waals surface area contributed by atoms with Crippen LogP contribution in [0.5, 0.6) is 0 Å². The fourth-order valence-corrected chi connectivity index (χ4v) is 4.88. The Morgan fingerprint density at radius 1 is 1.06 bits per heavy atom. The topological polar surface area (TPSA) is 110 Å². The molecule has 6 rings (SSSR count). The van der Waals surface area contributed by atoms with Gasteiger partial charge in [-0.2, -0.15) is 0 Å². The normalized spacial score (nSPS) is 15.2. The van der Waals surface area contributed by atoms with E-state index in [1.54, 1.807) is 10.9 Å². The number of nitrogens with one attached hydrogen (secondary N) is 3. The van der Waals surface area contributed by atoms with Crippen molar-refractivity contribution in [2.45, 2.75) is 31.8 Å². The molecule has 1 fully saturated rings. The van der Waals surface area contributed by atoms with Gasteiger partial charge in [0.05, 0.1) is 17.8 Å². The quantitative estimate of drug-likeness (QED) is 0.329. The van der Waals surface area contributed by atoms with Gasteiger partial charge in [0, 0.05) is 36.3 Å². The standard InChI is InChI=1S/C27H27N7O2/c1-17(32-26-24-25(29-15-28-24)30-16-31-26)22-14-18-6-5-9-21(33-19-10-12-36-13-11-19)23(18)27(35)34(22)20-7-3-2-4-8-20/h2-9,14-17,19,33H,10-13H2,1H3,(H2,28,29,30,31,32). The lowest BCUT2D eigenvalue weighted by atomic mass is 10.0. The van der Waals surface area contributed by atoms with E-state index >= 15 is 0 Å². The molecule has 2 aromatic carbocycles. The highest BCUT2D eigenvalue weighted by molar-refractivity contribution is 5.94. The first-order chi connectivity index (χ1) is 17.7. The molecule has 1 aliphatic rings. The Balaban J connectivity index is 1.48. The Morgan fingerprint density at radius 3 is 2.72 bits per heavy atom. The maximum absolute atomic E-state index is 14.2. The zero-order chi connectivity index (χ0) is 24.5. The first-order valence-corrected chi connectivity index (χ1v) is 12.2. The van der Waals surface area contributed by atoms with Crippen molar-refractivity contribution in [1.29, 1.82) is 0 Å². The van der Waals surface area contributed by atoms with Crippen LogP contribution < -0.4 is 16.2 Å². The number of nitrogens with zero attached hydrogens (tertiary/aromatic N) is 4. The van der Waals surface area contributed by atoms with Crippen LogP contribution in [0.4, 0.5) is 11.5 Å². The minimum Gasteiger partial charge on any atom is -0.381 e. The number of anilines is 2. The van der Waals surface area contributed by atoms with Crippen molar-refractivity contribution in [3.63, 3.8) is 0 Å². The lowest BCUT2D eigenvalue weighted by molar-refractivity contribution is 0.0905. The Hall–Kier alpha value is -4.24. The highest BCUT2D eigenvalue weighted by Crippen LogP contribution is 2.29. The van der Waals surface area contributed by atoms with E-state index in [1.807, 2.05) is 55.5 Å². The molecule has 3 N–H and O–H groups in total. The number of H-pyrrole nitrogens is 1. The predicted molar refractivity (Wildman–Crippen MR) is 141 cm³/mol. The molecule has 0 aliphatic carbocycles. The van der Waals surface area contributed by atoms with Gasteiger partial charge in [-0.3, -0.25) is 9.36 Å². The summed E-state index contributed by atoms with van der Waals surface area (Å²) in [4.78, 5) is 30.1. The number of pyridine rings is 1. The molecule has 0 bridgehead atoms. The van der Waals surface area contributed by atoms with Crippen molar-refractivity contribution >= 4 is 33.4 Å². The van der Waals surface area contributed by atoms with E-state index in [0.29, 0.717) is 16.9 Å². The summed E-state index contributed by atoms with van der Waals surface area (Å²) < 4.78 is 7.30. The number of ether oxygens (including phenoxy) is 1. The van der Waals surface area contributed by atoms with E-state index in [4.69, 9.17) is 4.74 Å². The van der Waals surface area contributed by atoms with E-state index in [0.717, 1.165) is 54.0 Å². The summed E-state index contributed by atoms with van der Waals surface area (Å²) in [5.41, 5.74) is 3.74. The summed E-state index contributed by atoms with van der Waals surface area (Å²) in [5, 5.41) is 8.64. The summed E-state index contributed by atoms with van der Waals surface area (Å²) in [7, 11) is 0. The molecule has 0 spiro atoms. The summed E-state index contributed by atoms with van der Waals surface area (Å²) >= 11 is 0. The van der Waals surface area contributed by atoms with Crippen molar-refractivity contribution < 1.29 is 4.74 Å². The first-order valence-electron chi connectivity index (χ1n) is 12.2. The van der Waals surface area contributed by atoms with Crippen LogP contribution in [0, 0.1) is 0 Å². The van der Waals surface area contributed by atoms with Gasteiger partial charge in [0.15, 0.2) is 11.5 Å². The van der Waals surface area contributed by atoms with E-state index in [2.05, 4.69) is 36.6 Å². The van der Waals surface area contributed by atoms with Crippen LogP contribution in [0.15, 0.2) is 72.0 Å². The average Bonchev–Trinajstić information content (AvgIpc) is 3.40. The van der Waals surface area contributed by atoms with E-state index in [-0.39, 0.29) is 17.6 Å². The largest absolute Gasteiger partial charge is 0.381 e. The summed E-state index contributed by atoms with van der Waals surface area (Å²) in [5.74, 6) is 0.632. The number of fused-ring (bicyclic) bond motifs is 2. The fourth-order valence-electron chi connectivity index (χ4n) is 4.88. The molecular formula is C27H27N7O2. The monoisotopic (exact) mass is 481 g/mol. The van der Waals surface area contributed by atoms with Crippen LogP contribution in [0.3, 0.4) is 0 Å². The smallest absolute Gasteiger partial charge is 0.265 e. The molecule has 4 heterocycles. The van der Waals surface area contributed by atoms with Gasteiger partial charge in [-0.1, -0.05) is 30.3 Å². The van der Waals surface area contributed by atoms with Crippen molar-refractivity contribution in [2.24, 2.45) is 0 Å². The SMILES string of the molecule is CC(Nc1ncnc2nc[nH]c12)c1cc2cccc(NC3CCOCC3)c2c(=O)n1-c1ccccc1. The van der Waals surface area contributed by atoms with Gasteiger partial charge in [-0.05, 0) is 49.4 Å². The van der Waals surface area contributed by atoms with Gasteiger partial charge < -0.3 is 20.4 Å². The molecular weight excluding hydrogens is 454 g/mol. The second-order valence-corrected chi connectivity index (χ2v) is 9.04. The maximum Gasteiger partial charge on any atom is 0.265 e. The Kier molecular flexibility index (Phi) is 5.82. The molecule has 36 heavy (non-hydrogen) atoms. The lowest BCUT2D eigenvalue weighted by Gasteiger charge is -2.26. The van der Waals surface area contributed by atoms with Crippen LogP contribution in [0.2, 0.25) is 0 Å². The molecule has 0 saturated carbocycles. The van der Waals surface area contributed by atoms with Crippen LogP contribution >= 0.6 is 0 Å². The fraction of sp³-hybridized carbons (Fsp3) is 0.259. The highest BCUT2D eigenvalue weighted by Gasteiger charge is 2.21. The molecule has 1 unspecified atom stereocenters.